The third-order valence-corrected chi connectivity index (χ3v) is 4.43. The Kier molecular flexibility index (Phi) is 3.35. The van der Waals surface area contributed by atoms with Gasteiger partial charge < -0.3 is 10.1 Å². The summed E-state index contributed by atoms with van der Waals surface area (Å²) >= 11 is 1.81. The summed E-state index contributed by atoms with van der Waals surface area (Å²) in [7, 11) is 0. The van der Waals surface area contributed by atoms with Crippen molar-refractivity contribution in [2.45, 2.75) is 25.4 Å². The lowest BCUT2D eigenvalue weighted by Gasteiger charge is -2.29. The standard InChI is InChI=1S/C15H17NOS/c1-11(15-7-4-10-18-15)16-13-8-9-17-14-6-3-2-5-12(13)14/h2-7,10-11,13,16H,8-9H2,1H3/t11-,13?/m1/s1. The fourth-order valence-corrected chi connectivity index (χ4v) is 3.18. The van der Waals surface area contributed by atoms with Crippen LogP contribution in [0.2, 0.25) is 0 Å². The van der Waals surface area contributed by atoms with Gasteiger partial charge in [0.25, 0.3) is 0 Å². The normalized spacial score (nSPS) is 19.9. The number of thiophene rings is 1. The first-order valence-corrected chi connectivity index (χ1v) is 7.24. The Balaban J connectivity index is 1.78. The van der Waals surface area contributed by atoms with Gasteiger partial charge in [-0.2, -0.15) is 0 Å². The predicted molar refractivity (Wildman–Crippen MR) is 75.2 cm³/mol. The minimum absolute atomic E-state index is 0.390. The van der Waals surface area contributed by atoms with E-state index in [0.717, 1.165) is 18.8 Å². The first-order chi connectivity index (χ1) is 8.84. The quantitative estimate of drug-likeness (QED) is 0.902. The smallest absolute Gasteiger partial charge is 0.124 e. The molecule has 0 aliphatic carbocycles. The van der Waals surface area contributed by atoms with Gasteiger partial charge in [-0.15, -0.1) is 11.3 Å². The zero-order valence-electron chi connectivity index (χ0n) is 10.4. The molecular weight excluding hydrogens is 242 g/mol. The third kappa shape index (κ3) is 2.28. The number of hydrogen-bond acceptors (Lipinski definition) is 3. The molecular formula is C15H17NOS. The molecule has 2 nitrogen and oxygen atoms in total. The van der Waals surface area contributed by atoms with Crippen molar-refractivity contribution in [3.8, 4) is 5.75 Å². The van der Waals surface area contributed by atoms with E-state index in [-0.39, 0.29) is 0 Å². The fraction of sp³-hybridized carbons (Fsp3) is 0.333. The number of para-hydroxylation sites is 1. The molecule has 0 fully saturated rings. The molecule has 18 heavy (non-hydrogen) atoms. The molecule has 2 aromatic rings. The van der Waals surface area contributed by atoms with Crippen LogP contribution in [0.25, 0.3) is 0 Å². The van der Waals surface area contributed by atoms with E-state index in [1.807, 2.05) is 17.4 Å². The molecule has 0 saturated carbocycles. The number of rotatable bonds is 3. The molecule has 1 aliphatic heterocycles. The van der Waals surface area contributed by atoms with Crippen LogP contribution in [0.5, 0.6) is 5.75 Å². The molecule has 1 aromatic heterocycles. The number of ether oxygens (including phenoxy) is 1. The van der Waals surface area contributed by atoms with Crippen LogP contribution in [-0.4, -0.2) is 6.61 Å². The van der Waals surface area contributed by atoms with E-state index in [2.05, 4.69) is 48.0 Å². The Hall–Kier alpha value is -1.32. The van der Waals surface area contributed by atoms with Gasteiger partial charge in [0.15, 0.2) is 0 Å². The summed E-state index contributed by atoms with van der Waals surface area (Å²) in [6, 6.07) is 13.4. The van der Waals surface area contributed by atoms with Crippen molar-refractivity contribution in [2.24, 2.45) is 0 Å². The lowest BCUT2D eigenvalue weighted by molar-refractivity contribution is 0.246. The molecule has 0 amide bonds. The van der Waals surface area contributed by atoms with E-state index in [0.29, 0.717) is 12.1 Å². The van der Waals surface area contributed by atoms with Crippen molar-refractivity contribution >= 4 is 11.3 Å². The highest BCUT2D eigenvalue weighted by molar-refractivity contribution is 7.10. The number of fused-ring (bicyclic) bond motifs is 1. The lowest BCUT2D eigenvalue weighted by Crippen LogP contribution is -2.28. The summed E-state index contributed by atoms with van der Waals surface area (Å²) in [4.78, 5) is 1.39. The van der Waals surface area contributed by atoms with Crippen LogP contribution < -0.4 is 10.1 Å². The number of benzene rings is 1. The topological polar surface area (TPSA) is 21.3 Å². The summed E-state index contributed by atoms with van der Waals surface area (Å²) < 4.78 is 5.69. The van der Waals surface area contributed by atoms with E-state index in [9.17, 15) is 0 Å². The van der Waals surface area contributed by atoms with E-state index >= 15 is 0 Å². The van der Waals surface area contributed by atoms with Gasteiger partial charge in [-0.3, -0.25) is 0 Å². The number of nitrogens with one attached hydrogen (secondary N) is 1. The Morgan fingerprint density at radius 3 is 3.00 bits per heavy atom. The van der Waals surface area contributed by atoms with Gasteiger partial charge in [-0.05, 0) is 24.4 Å². The zero-order chi connectivity index (χ0) is 12.4. The molecule has 1 unspecified atom stereocenters. The first kappa shape index (κ1) is 11.8. The highest BCUT2D eigenvalue weighted by Gasteiger charge is 2.22. The average molecular weight is 259 g/mol. The van der Waals surface area contributed by atoms with Crippen molar-refractivity contribution in [1.82, 2.24) is 5.32 Å². The second kappa shape index (κ2) is 5.12. The molecule has 3 heteroatoms. The maximum atomic E-state index is 5.69. The van der Waals surface area contributed by atoms with Gasteiger partial charge in [0.2, 0.25) is 0 Å². The van der Waals surface area contributed by atoms with Crippen LogP contribution in [-0.2, 0) is 0 Å². The number of hydrogen-bond donors (Lipinski definition) is 1. The minimum Gasteiger partial charge on any atom is -0.493 e. The molecule has 2 atom stereocenters. The Labute approximate surface area is 112 Å². The fourth-order valence-electron chi connectivity index (χ4n) is 2.44. The van der Waals surface area contributed by atoms with Crippen LogP contribution >= 0.6 is 11.3 Å². The minimum atomic E-state index is 0.390. The molecule has 3 rings (SSSR count). The SMILES string of the molecule is C[C@@H](NC1CCOc2ccccc21)c1cccs1. The molecule has 0 saturated heterocycles. The highest BCUT2D eigenvalue weighted by atomic mass is 32.1. The molecule has 0 spiro atoms. The molecule has 94 valence electrons. The summed E-state index contributed by atoms with van der Waals surface area (Å²) in [6.07, 6.45) is 1.03. The zero-order valence-corrected chi connectivity index (χ0v) is 11.2. The van der Waals surface area contributed by atoms with Gasteiger partial charge >= 0.3 is 0 Å². The second-order valence-corrected chi connectivity index (χ2v) is 5.61. The van der Waals surface area contributed by atoms with Crippen LogP contribution in [0.4, 0.5) is 0 Å². The monoisotopic (exact) mass is 259 g/mol. The second-order valence-electron chi connectivity index (χ2n) is 4.63. The Morgan fingerprint density at radius 2 is 2.17 bits per heavy atom. The first-order valence-electron chi connectivity index (χ1n) is 6.36. The van der Waals surface area contributed by atoms with E-state index in [4.69, 9.17) is 4.74 Å². The van der Waals surface area contributed by atoms with Gasteiger partial charge in [-0.1, -0.05) is 24.3 Å². The van der Waals surface area contributed by atoms with Crippen LogP contribution in [0.15, 0.2) is 41.8 Å². The highest BCUT2D eigenvalue weighted by Crippen LogP contribution is 2.33. The largest absolute Gasteiger partial charge is 0.493 e. The summed E-state index contributed by atoms with van der Waals surface area (Å²) in [6.45, 7) is 3.02. The van der Waals surface area contributed by atoms with Gasteiger partial charge in [-0.25, -0.2) is 0 Å². The maximum absolute atomic E-state index is 5.69. The average Bonchev–Trinajstić information content (AvgIpc) is 2.93. The summed E-state index contributed by atoms with van der Waals surface area (Å²) in [5.41, 5.74) is 1.28. The van der Waals surface area contributed by atoms with Crippen molar-refractivity contribution in [3.63, 3.8) is 0 Å². The molecule has 2 heterocycles. The van der Waals surface area contributed by atoms with Gasteiger partial charge in [0.05, 0.1) is 6.61 Å². The molecule has 0 bridgehead atoms. The summed E-state index contributed by atoms with van der Waals surface area (Å²) in [5.74, 6) is 1.03. The predicted octanol–water partition coefficient (Wildman–Crippen LogP) is 3.92. The third-order valence-electron chi connectivity index (χ3n) is 3.38. The maximum Gasteiger partial charge on any atom is 0.124 e. The van der Waals surface area contributed by atoms with Gasteiger partial charge in [0, 0.05) is 28.9 Å². The van der Waals surface area contributed by atoms with E-state index in [1.54, 1.807) is 0 Å². The molecule has 0 radical (unpaired) electrons. The molecule has 1 aromatic carbocycles. The molecule has 1 aliphatic rings. The van der Waals surface area contributed by atoms with Gasteiger partial charge in [0.1, 0.15) is 5.75 Å². The summed E-state index contributed by atoms with van der Waals surface area (Å²) in [5, 5.41) is 5.84. The Bertz CT molecular complexity index is 509. The molecule has 1 N–H and O–H groups in total. The van der Waals surface area contributed by atoms with Crippen molar-refractivity contribution in [3.05, 3.63) is 52.2 Å². The van der Waals surface area contributed by atoms with Crippen LogP contribution in [0.1, 0.15) is 35.9 Å². The van der Waals surface area contributed by atoms with E-state index in [1.165, 1.54) is 10.4 Å². The van der Waals surface area contributed by atoms with Crippen molar-refractivity contribution in [1.29, 1.82) is 0 Å². The van der Waals surface area contributed by atoms with Crippen molar-refractivity contribution in [2.75, 3.05) is 6.61 Å². The van der Waals surface area contributed by atoms with Crippen LogP contribution in [0, 0.1) is 0 Å². The lowest BCUT2D eigenvalue weighted by atomic mass is 9.99. The van der Waals surface area contributed by atoms with Crippen molar-refractivity contribution < 1.29 is 4.74 Å². The van der Waals surface area contributed by atoms with E-state index < -0.39 is 0 Å². The Morgan fingerprint density at radius 1 is 1.28 bits per heavy atom. The van der Waals surface area contributed by atoms with Crippen LogP contribution in [0.3, 0.4) is 0 Å².